The molecule has 29 heavy (non-hydrogen) atoms. The van der Waals surface area contributed by atoms with Crippen LogP contribution in [0.25, 0.3) is 0 Å². The lowest BCUT2D eigenvalue weighted by atomic mass is 10.2. The van der Waals surface area contributed by atoms with Gasteiger partial charge in [0.15, 0.2) is 15.8 Å². The Morgan fingerprint density at radius 3 is 2.55 bits per heavy atom. The first-order valence-corrected chi connectivity index (χ1v) is 10.9. The van der Waals surface area contributed by atoms with Crippen molar-refractivity contribution in [1.82, 2.24) is 10.6 Å². The van der Waals surface area contributed by atoms with Gasteiger partial charge in [0.2, 0.25) is 5.91 Å². The molecule has 1 saturated heterocycles. The molecule has 7 nitrogen and oxygen atoms in total. The van der Waals surface area contributed by atoms with Gasteiger partial charge in [-0.05, 0) is 24.3 Å². The molecule has 0 saturated carbocycles. The molecule has 1 heterocycles. The highest BCUT2D eigenvalue weighted by atomic mass is 32.2. The number of aliphatic imine (C=N–C) groups is 1. The van der Waals surface area contributed by atoms with Gasteiger partial charge in [-0.1, -0.05) is 30.3 Å². The lowest BCUT2D eigenvalue weighted by Gasteiger charge is -2.19. The molecular formula is C20H23FN4O3S. The number of hydrogen-bond donors (Lipinski definition) is 2. The van der Waals surface area contributed by atoms with Crippen molar-refractivity contribution in [1.29, 1.82) is 0 Å². The van der Waals surface area contributed by atoms with Crippen LogP contribution < -0.4 is 15.5 Å². The van der Waals surface area contributed by atoms with E-state index in [1.54, 1.807) is 11.9 Å². The number of carbonyl (C=O) groups is 1. The Kier molecular flexibility index (Phi) is 6.48. The van der Waals surface area contributed by atoms with Crippen LogP contribution in [-0.2, 0) is 14.6 Å². The number of hydrogen-bond acceptors (Lipinski definition) is 4. The van der Waals surface area contributed by atoms with Gasteiger partial charge >= 0.3 is 0 Å². The number of halogens is 1. The SMILES string of the molecule is CN=C(NCCS(=O)(=O)c1ccccc1F)NC1CC(=O)N(c2ccccc2)C1. The summed E-state index contributed by atoms with van der Waals surface area (Å²) in [4.78, 5) is 17.8. The molecule has 1 aliphatic heterocycles. The fourth-order valence-electron chi connectivity index (χ4n) is 3.16. The van der Waals surface area contributed by atoms with E-state index in [9.17, 15) is 17.6 Å². The predicted molar refractivity (Wildman–Crippen MR) is 110 cm³/mol. The number of carbonyl (C=O) groups excluding carboxylic acids is 1. The van der Waals surface area contributed by atoms with Gasteiger partial charge in [-0.15, -0.1) is 0 Å². The maximum atomic E-state index is 13.7. The van der Waals surface area contributed by atoms with E-state index in [2.05, 4.69) is 15.6 Å². The second-order valence-corrected chi connectivity index (χ2v) is 8.71. The Balaban J connectivity index is 1.54. The molecule has 2 N–H and O–H groups in total. The van der Waals surface area contributed by atoms with Crippen molar-refractivity contribution in [3.8, 4) is 0 Å². The molecule has 2 aromatic rings. The number of benzene rings is 2. The van der Waals surface area contributed by atoms with Crippen LogP contribution in [0.2, 0.25) is 0 Å². The smallest absolute Gasteiger partial charge is 0.229 e. The van der Waals surface area contributed by atoms with Crippen molar-refractivity contribution >= 4 is 27.4 Å². The first kappa shape index (κ1) is 20.8. The topological polar surface area (TPSA) is 90.9 Å². The summed E-state index contributed by atoms with van der Waals surface area (Å²) in [5, 5.41) is 6.06. The van der Waals surface area contributed by atoms with Gasteiger partial charge in [0.25, 0.3) is 0 Å². The van der Waals surface area contributed by atoms with E-state index < -0.39 is 15.7 Å². The van der Waals surface area contributed by atoms with Crippen molar-refractivity contribution in [3.05, 3.63) is 60.4 Å². The van der Waals surface area contributed by atoms with Crippen molar-refractivity contribution in [2.45, 2.75) is 17.4 Å². The van der Waals surface area contributed by atoms with Crippen LogP contribution in [-0.4, -0.2) is 52.2 Å². The lowest BCUT2D eigenvalue weighted by molar-refractivity contribution is -0.117. The molecule has 1 aliphatic rings. The number of para-hydroxylation sites is 1. The largest absolute Gasteiger partial charge is 0.355 e. The normalized spacial score (nSPS) is 17.4. The van der Waals surface area contributed by atoms with Gasteiger partial charge in [0.05, 0.1) is 11.8 Å². The highest BCUT2D eigenvalue weighted by molar-refractivity contribution is 7.91. The van der Waals surface area contributed by atoms with Crippen LogP contribution in [0.4, 0.5) is 10.1 Å². The molecule has 1 fully saturated rings. The highest BCUT2D eigenvalue weighted by Gasteiger charge is 2.31. The van der Waals surface area contributed by atoms with E-state index >= 15 is 0 Å². The summed E-state index contributed by atoms with van der Waals surface area (Å²) in [5.74, 6) is -0.651. The van der Waals surface area contributed by atoms with Crippen molar-refractivity contribution in [2.24, 2.45) is 4.99 Å². The molecule has 0 aliphatic carbocycles. The Morgan fingerprint density at radius 1 is 1.17 bits per heavy atom. The Morgan fingerprint density at radius 2 is 1.86 bits per heavy atom. The minimum absolute atomic E-state index is 0.00582. The average molecular weight is 418 g/mol. The van der Waals surface area contributed by atoms with Crippen LogP contribution in [0.3, 0.4) is 0 Å². The van der Waals surface area contributed by atoms with Crippen LogP contribution in [0.15, 0.2) is 64.5 Å². The number of sulfone groups is 1. The van der Waals surface area contributed by atoms with E-state index in [1.165, 1.54) is 18.2 Å². The van der Waals surface area contributed by atoms with Crippen LogP contribution in [0.1, 0.15) is 6.42 Å². The third-order valence-corrected chi connectivity index (χ3v) is 6.34. The van der Waals surface area contributed by atoms with Crippen molar-refractivity contribution < 1.29 is 17.6 Å². The van der Waals surface area contributed by atoms with E-state index in [-0.39, 0.29) is 29.1 Å². The predicted octanol–water partition coefficient (Wildman–Crippen LogP) is 1.57. The van der Waals surface area contributed by atoms with Crippen LogP contribution in [0.5, 0.6) is 0 Å². The maximum absolute atomic E-state index is 13.7. The zero-order chi connectivity index (χ0) is 20.9. The van der Waals surface area contributed by atoms with Gasteiger partial charge in [0, 0.05) is 32.2 Å². The summed E-state index contributed by atoms with van der Waals surface area (Å²) >= 11 is 0. The Labute approximate surface area is 169 Å². The first-order valence-electron chi connectivity index (χ1n) is 9.20. The molecular weight excluding hydrogens is 395 g/mol. The Bertz CT molecular complexity index is 996. The molecule has 1 amide bonds. The second-order valence-electron chi connectivity index (χ2n) is 6.63. The van der Waals surface area contributed by atoms with E-state index in [4.69, 9.17) is 0 Å². The molecule has 0 aromatic heterocycles. The van der Waals surface area contributed by atoms with Crippen LogP contribution in [0, 0.1) is 5.82 Å². The summed E-state index contributed by atoms with van der Waals surface area (Å²) in [6.45, 7) is 0.538. The maximum Gasteiger partial charge on any atom is 0.229 e. The lowest BCUT2D eigenvalue weighted by Crippen LogP contribution is -2.45. The summed E-state index contributed by atoms with van der Waals surface area (Å²) in [7, 11) is -2.20. The minimum Gasteiger partial charge on any atom is -0.355 e. The molecule has 3 rings (SSSR count). The number of rotatable bonds is 6. The zero-order valence-corrected chi connectivity index (χ0v) is 16.8. The summed E-state index contributed by atoms with van der Waals surface area (Å²) in [6, 6.07) is 14.5. The molecule has 1 unspecified atom stereocenters. The van der Waals surface area contributed by atoms with Gasteiger partial charge < -0.3 is 15.5 Å². The van der Waals surface area contributed by atoms with Gasteiger partial charge in [-0.2, -0.15) is 0 Å². The Hall–Kier alpha value is -2.94. The van der Waals surface area contributed by atoms with Crippen LogP contribution >= 0.6 is 0 Å². The highest BCUT2D eigenvalue weighted by Crippen LogP contribution is 2.21. The molecule has 0 radical (unpaired) electrons. The summed E-state index contributed by atoms with van der Waals surface area (Å²) in [5.41, 5.74) is 0.834. The minimum atomic E-state index is -3.76. The quantitative estimate of drug-likeness (QED) is 0.549. The van der Waals surface area contributed by atoms with Gasteiger partial charge in [-0.3, -0.25) is 9.79 Å². The van der Waals surface area contributed by atoms with E-state index in [0.717, 1.165) is 11.8 Å². The molecule has 2 aromatic carbocycles. The molecule has 0 spiro atoms. The number of anilines is 1. The average Bonchev–Trinajstić information content (AvgIpc) is 3.08. The third kappa shape index (κ3) is 5.11. The van der Waals surface area contributed by atoms with E-state index in [0.29, 0.717) is 18.9 Å². The second kappa shape index (κ2) is 9.04. The summed E-state index contributed by atoms with van der Waals surface area (Å²) in [6.07, 6.45) is 0.309. The van der Waals surface area contributed by atoms with Gasteiger partial charge in [-0.25, -0.2) is 12.8 Å². The van der Waals surface area contributed by atoms with E-state index in [1.807, 2.05) is 30.3 Å². The van der Waals surface area contributed by atoms with Crippen molar-refractivity contribution in [2.75, 3.05) is 30.8 Å². The fraction of sp³-hybridized carbons (Fsp3) is 0.300. The number of nitrogens with zero attached hydrogens (tertiary/aromatic N) is 2. The first-order chi connectivity index (χ1) is 13.9. The third-order valence-electron chi connectivity index (χ3n) is 4.59. The van der Waals surface area contributed by atoms with Gasteiger partial charge in [0.1, 0.15) is 10.7 Å². The molecule has 154 valence electrons. The monoisotopic (exact) mass is 418 g/mol. The molecule has 9 heteroatoms. The molecule has 1 atom stereocenters. The zero-order valence-electron chi connectivity index (χ0n) is 16.0. The number of nitrogens with one attached hydrogen (secondary N) is 2. The molecule has 0 bridgehead atoms. The fourth-order valence-corrected chi connectivity index (χ4v) is 4.40. The van der Waals surface area contributed by atoms with Crippen molar-refractivity contribution in [3.63, 3.8) is 0 Å². The number of amides is 1. The number of guanidine groups is 1. The standard InChI is InChI=1S/C20H23FN4O3S/c1-22-20(23-11-12-29(27,28)18-10-6-5-9-17(18)21)24-15-13-19(26)25(14-15)16-7-3-2-4-8-16/h2-10,15H,11-14H2,1H3,(H2,22,23,24). The summed E-state index contributed by atoms with van der Waals surface area (Å²) < 4.78 is 38.4.